The molecule has 0 aromatic heterocycles. The highest BCUT2D eigenvalue weighted by Gasteiger charge is 2.27. The van der Waals surface area contributed by atoms with Gasteiger partial charge in [-0.3, -0.25) is 4.79 Å². The van der Waals surface area contributed by atoms with Crippen LogP contribution in [0.2, 0.25) is 0 Å². The summed E-state index contributed by atoms with van der Waals surface area (Å²) >= 11 is 0. The van der Waals surface area contributed by atoms with Gasteiger partial charge in [0.05, 0.1) is 21.3 Å². The third kappa shape index (κ3) is 5.89. The van der Waals surface area contributed by atoms with Crippen molar-refractivity contribution in [3.8, 4) is 17.2 Å². The van der Waals surface area contributed by atoms with Gasteiger partial charge in [-0.15, -0.1) is 0 Å². The van der Waals surface area contributed by atoms with Crippen LogP contribution in [0.1, 0.15) is 35.3 Å². The lowest BCUT2D eigenvalue weighted by atomic mass is 10.0. The highest BCUT2D eigenvalue weighted by molar-refractivity contribution is 5.97. The van der Waals surface area contributed by atoms with E-state index >= 15 is 0 Å². The van der Waals surface area contributed by atoms with E-state index < -0.39 is 17.9 Å². The fraction of sp³-hybridized carbons (Fsp3) is 0.391. The molecule has 1 atom stereocenters. The number of benzene rings is 2. The molecule has 0 spiro atoms. The summed E-state index contributed by atoms with van der Waals surface area (Å²) in [5.74, 6) is 0.493. The van der Waals surface area contributed by atoms with Crippen LogP contribution < -0.4 is 19.5 Å². The van der Waals surface area contributed by atoms with Crippen molar-refractivity contribution in [3.05, 3.63) is 53.1 Å². The number of aryl methyl sites for hydroxylation is 1. The Bertz CT molecular complexity index is 871. The van der Waals surface area contributed by atoms with Crippen LogP contribution in [0, 0.1) is 12.8 Å². The Labute approximate surface area is 177 Å². The third-order valence-electron chi connectivity index (χ3n) is 4.63. The topological polar surface area (TPSA) is 83.1 Å². The van der Waals surface area contributed by atoms with Crippen LogP contribution in [-0.2, 0) is 16.1 Å². The number of carbonyl (C=O) groups is 2. The van der Waals surface area contributed by atoms with E-state index in [1.807, 2.05) is 39.0 Å². The van der Waals surface area contributed by atoms with Crippen molar-refractivity contribution < 1.29 is 28.5 Å². The summed E-state index contributed by atoms with van der Waals surface area (Å²) in [6, 6.07) is 9.67. The molecule has 0 saturated carbocycles. The maximum atomic E-state index is 12.8. The zero-order valence-electron chi connectivity index (χ0n) is 18.3. The summed E-state index contributed by atoms with van der Waals surface area (Å²) in [4.78, 5) is 25.5. The van der Waals surface area contributed by atoms with Crippen LogP contribution in [0.3, 0.4) is 0 Å². The summed E-state index contributed by atoms with van der Waals surface area (Å²) in [5, 5.41) is 2.76. The minimum absolute atomic E-state index is 0.0513. The van der Waals surface area contributed by atoms with Gasteiger partial charge in [0.25, 0.3) is 5.91 Å². The van der Waals surface area contributed by atoms with Crippen molar-refractivity contribution in [2.24, 2.45) is 5.92 Å². The van der Waals surface area contributed by atoms with Gasteiger partial charge in [-0.05, 0) is 37.1 Å². The van der Waals surface area contributed by atoms with Crippen molar-refractivity contribution in [1.29, 1.82) is 0 Å². The van der Waals surface area contributed by atoms with Gasteiger partial charge in [0.2, 0.25) is 0 Å². The van der Waals surface area contributed by atoms with E-state index in [0.29, 0.717) is 22.8 Å². The molecule has 0 aliphatic heterocycles. The van der Waals surface area contributed by atoms with Crippen LogP contribution in [0.5, 0.6) is 17.2 Å². The Balaban J connectivity index is 2.13. The van der Waals surface area contributed by atoms with Crippen molar-refractivity contribution >= 4 is 11.9 Å². The summed E-state index contributed by atoms with van der Waals surface area (Å²) in [5.41, 5.74) is 2.12. The second-order valence-corrected chi connectivity index (χ2v) is 7.22. The van der Waals surface area contributed by atoms with Gasteiger partial charge in [-0.25, -0.2) is 4.79 Å². The predicted molar refractivity (Wildman–Crippen MR) is 113 cm³/mol. The molecule has 162 valence electrons. The van der Waals surface area contributed by atoms with Crippen LogP contribution in [0.4, 0.5) is 0 Å². The molecule has 2 aromatic carbocycles. The molecular weight excluding hydrogens is 386 g/mol. The average Bonchev–Trinajstić information content (AvgIpc) is 2.74. The van der Waals surface area contributed by atoms with E-state index in [9.17, 15) is 9.59 Å². The van der Waals surface area contributed by atoms with Gasteiger partial charge in [-0.1, -0.05) is 25.5 Å². The Morgan fingerprint density at radius 3 is 2.10 bits per heavy atom. The SMILES string of the molecule is COc1cc(OC)cc(C(=O)N[C@H](C(=O)OCc2cc(C)ccc2OC)C(C)C)c1. The lowest BCUT2D eigenvalue weighted by Gasteiger charge is -2.21. The van der Waals surface area contributed by atoms with Crippen LogP contribution in [0.25, 0.3) is 0 Å². The number of methoxy groups -OCH3 is 3. The highest BCUT2D eigenvalue weighted by Crippen LogP contribution is 2.23. The summed E-state index contributed by atoms with van der Waals surface area (Å²) in [6.07, 6.45) is 0. The molecule has 0 fully saturated rings. The monoisotopic (exact) mass is 415 g/mol. The molecule has 0 bridgehead atoms. The molecule has 0 saturated heterocycles. The zero-order chi connectivity index (χ0) is 22.3. The zero-order valence-corrected chi connectivity index (χ0v) is 18.3. The van der Waals surface area contributed by atoms with Gasteiger partial charge in [0.15, 0.2) is 0 Å². The number of rotatable bonds is 9. The van der Waals surface area contributed by atoms with E-state index in [2.05, 4.69) is 5.32 Å². The van der Waals surface area contributed by atoms with Crippen LogP contribution in [0.15, 0.2) is 36.4 Å². The summed E-state index contributed by atoms with van der Waals surface area (Å²) < 4.78 is 21.2. The normalized spacial score (nSPS) is 11.6. The maximum absolute atomic E-state index is 12.8. The van der Waals surface area contributed by atoms with Crippen molar-refractivity contribution in [3.63, 3.8) is 0 Å². The van der Waals surface area contributed by atoms with Gasteiger partial charge >= 0.3 is 5.97 Å². The Kier molecular flexibility index (Phi) is 8.09. The minimum Gasteiger partial charge on any atom is -0.497 e. The molecule has 7 nitrogen and oxygen atoms in total. The van der Waals surface area contributed by atoms with E-state index in [-0.39, 0.29) is 12.5 Å². The third-order valence-corrected chi connectivity index (χ3v) is 4.63. The second kappa shape index (κ2) is 10.5. The second-order valence-electron chi connectivity index (χ2n) is 7.22. The molecule has 0 unspecified atom stereocenters. The molecule has 1 N–H and O–H groups in total. The first-order valence-electron chi connectivity index (χ1n) is 9.63. The van der Waals surface area contributed by atoms with Gasteiger partial charge < -0.3 is 24.3 Å². The summed E-state index contributed by atoms with van der Waals surface area (Å²) in [6.45, 7) is 5.68. The number of ether oxygens (including phenoxy) is 4. The lowest BCUT2D eigenvalue weighted by Crippen LogP contribution is -2.45. The largest absolute Gasteiger partial charge is 0.497 e. The Morgan fingerprint density at radius 2 is 1.57 bits per heavy atom. The number of nitrogens with one attached hydrogen (secondary N) is 1. The highest BCUT2D eigenvalue weighted by atomic mass is 16.5. The van der Waals surface area contributed by atoms with Crippen LogP contribution >= 0.6 is 0 Å². The van der Waals surface area contributed by atoms with E-state index in [0.717, 1.165) is 11.1 Å². The van der Waals surface area contributed by atoms with Crippen LogP contribution in [-0.4, -0.2) is 39.2 Å². The molecule has 7 heteroatoms. The molecule has 0 aliphatic carbocycles. The molecule has 1 amide bonds. The predicted octanol–water partition coefficient (Wildman–Crippen LogP) is 3.52. The minimum atomic E-state index is -0.814. The average molecular weight is 415 g/mol. The van der Waals surface area contributed by atoms with E-state index in [1.54, 1.807) is 25.3 Å². The van der Waals surface area contributed by atoms with Gasteiger partial charge in [0.1, 0.15) is 29.9 Å². The van der Waals surface area contributed by atoms with Crippen molar-refractivity contribution in [2.75, 3.05) is 21.3 Å². The molecule has 0 heterocycles. The smallest absolute Gasteiger partial charge is 0.329 e. The van der Waals surface area contributed by atoms with E-state index in [1.165, 1.54) is 14.2 Å². The number of hydrogen-bond acceptors (Lipinski definition) is 6. The van der Waals surface area contributed by atoms with Gasteiger partial charge in [-0.2, -0.15) is 0 Å². The lowest BCUT2D eigenvalue weighted by molar-refractivity contribution is -0.148. The Morgan fingerprint density at radius 1 is 0.933 bits per heavy atom. The number of carbonyl (C=O) groups excluding carboxylic acids is 2. The quantitative estimate of drug-likeness (QED) is 0.631. The fourth-order valence-corrected chi connectivity index (χ4v) is 2.92. The van der Waals surface area contributed by atoms with Crippen molar-refractivity contribution in [1.82, 2.24) is 5.32 Å². The molecule has 2 rings (SSSR count). The van der Waals surface area contributed by atoms with Crippen molar-refractivity contribution in [2.45, 2.75) is 33.4 Å². The molecule has 0 aliphatic rings. The molecule has 0 radical (unpaired) electrons. The van der Waals surface area contributed by atoms with Gasteiger partial charge in [0, 0.05) is 17.2 Å². The summed E-state index contributed by atoms with van der Waals surface area (Å²) in [7, 11) is 4.57. The fourth-order valence-electron chi connectivity index (χ4n) is 2.92. The standard InChI is InChI=1S/C23H29NO6/c1-14(2)21(23(26)30-13-17-9-15(3)7-8-20(17)29-6)24-22(25)16-10-18(27-4)12-19(11-16)28-5/h7-12,14,21H,13H2,1-6H3,(H,24,25)/t21-/m0/s1. The first-order valence-corrected chi connectivity index (χ1v) is 9.63. The number of hydrogen-bond donors (Lipinski definition) is 1. The first-order chi connectivity index (χ1) is 14.3. The molecule has 30 heavy (non-hydrogen) atoms. The molecular formula is C23H29NO6. The Hall–Kier alpha value is -3.22. The van der Waals surface area contributed by atoms with E-state index in [4.69, 9.17) is 18.9 Å². The number of esters is 1. The first kappa shape index (κ1) is 23.1. The number of amides is 1. The maximum Gasteiger partial charge on any atom is 0.329 e. The molecule has 2 aromatic rings.